The molecule has 0 fully saturated rings. The maximum atomic E-state index is 12.6. The zero-order chi connectivity index (χ0) is 22.8. The molecule has 2 aromatic rings. The van der Waals surface area contributed by atoms with Crippen LogP contribution in [0.25, 0.3) is 6.08 Å². The van der Waals surface area contributed by atoms with Crippen LogP contribution >= 0.6 is 22.6 Å². The Labute approximate surface area is 195 Å². The summed E-state index contributed by atoms with van der Waals surface area (Å²) in [7, 11) is 0. The number of esters is 1. The van der Waals surface area contributed by atoms with Gasteiger partial charge in [0.05, 0.1) is 29.0 Å². The van der Waals surface area contributed by atoms with Gasteiger partial charge in [0.1, 0.15) is 11.6 Å². The Bertz CT molecular complexity index is 1010. The highest BCUT2D eigenvalue weighted by molar-refractivity contribution is 14.1. The number of halogens is 1. The van der Waals surface area contributed by atoms with Crippen LogP contribution in [-0.4, -0.2) is 31.7 Å². The minimum atomic E-state index is -0.562. The van der Waals surface area contributed by atoms with Crippen LogP contribution in [0.15, 0.2) is 42.0 Å². The number of hydrogen-bond acceptors (Lipinski definition) is 6. The molecule has 0 unspecified atom stereocenters. The number of benzene rings is 2. The van der Waals surface area contributed by atoms with E-state index >= 15 is 0 Å². The zero-order valence-electron chi connectivity index (χ0n) is 17.5. The standard InChI is InChI=1S/C23H23IN2O5/c1-4-29-20-13-15(12-19(24)21(20)30-5-2)11-17(14-25)22(27)26-18-9-7-16(8-10-18)23(28)31-6-3/h7-13H,4-6H2,1-3H3,(H,26,27)/b17-11+. The maximum Gasteiger partial charge on any atom is 0.338 e. The van der Waals surface area contributed by atoms with Crippen LogP contribution in [-0.2, 0) is 9.53 Å². The number of nitrogens with zero attached hydrogens (tertiary/aromatic N) is 1. The molecule has 0 aliphatic carbocycles. The lowest BCUT2D eigenvalue weighted by atomic mass is 10.1. The summed E-state index contributed by atoms with van der Waals surface area (Å²) in [6, 6.07) is 11.7. The average molecular weight is 534 g/mol. The van der Waals surface area contributed by atoms with E-state index in [4.69, 9.17) is 14.2 Å². The fourth-order valence-electron chi connectivity index (χ4n) is 2.64. The predicted octanol–water partition coefficient (Wildman–Crippen LogP) is 4.81. The molecule has 0 heterocycles. The molecule has 162 valence electrons. The normalized spacial score (nSPS) is 10.7. The van der Waals surface area contributed by atoms with E-state index in [0.29, 0.717) is 41.5 Å². The zero-order valence-corrected chi connectivity index (χ0v) is 19.7. The minimum absolute atomic E-state index is 0.0723. The smallest absolute Gasteiger partial charge is 0.338 e. The van der Waals surface area contributed by atoms with E-state index in [1.54, 1.807) is 37.3 Å². The number of anilines is 1. The van der Waals surface area contributed by atoms with Crippen LogP contribution in [0.1, 0.15) is 36.7 Å². The lowest BCUT2D eigenvalue weighted by Crippen LogP contribution is -2.13. The first-order valence-corrected chi connectivity index (χ1v) is 10.8. The molecule has 0 radical (unpaired) electrons. The van der Waals surface area contributed by atoms with Crippen molar-refractivity contribution in [3.05, 3.63) is 56.7 Å². The molecular formula is C23H23IN2O5. The molecule has 0 saturated heterocycles. The van der Waals surface area contributed by atoms with Crippen LogP contribution in [0.4, 0.5) is 5.69 Å². The molecule has 0 spiro atoms. The Kier molecular flexibility index (Phi) is 9.34. The van der Waals surface area contributed by atoms with Crippen LogP contribution in [0.5, 0.6) is 11.5 Å². The third kappa shape index (κ3) is 6.72. The van der Waals surface area contributed by atoms with E-state index in [2.05, 4.69) is 27.9 Å². The molecule has 1 N–H and O–H groups in total. The molecule has 0 aliphatic heterocycles. The molecule has 0 aromatic heterocycles. The average Bonchev–Trinajstić information content (AvgIpc) is 2.75. The fraction of sp³-hybridized carbons (Fsp3) is 0.261. The quantitative estimate of drug-likeness (QED) is 0.215. The molecule has 0 saturated carbocycles. The second-order valence-corrected chi connectivity index (χ2v) is 7.28. The SMILES string of the molecule is CCOC(=O)c1ccc(NC(=O)/C(C#N)=C/c2cc(I)c(OCC)c(OCC)c2)cc1. The summed E-state index contributed by atoms with van der Waals surface area (Å²) in [4.78, 5) is 24.3. The van der Waals surface area contributed by atoms with Crippen LogP contribution in [0, 0.1) is 14.9 Å². The third-order valence-electron chi connectivity index (χ3n) is 3.95. The van der Waals surface area contributed by atoms with E-state index < -0.39 is 11.9 Å². The lowest BCUT2D eigenvalue weighted by molar-refractivity contribution is -0.112. The largest absolute Gasteiger partial charge is 0.490 e. The van der Waals surface area contributed by atoms with Gasteiger partial charge >= 0.3 is 5.97 Å². The van der Waals surface area contributed by atoms with Crippen molar-refractivity contribution in [2.24, 2.45) is 0 Å². The topological polar surface area (TPSA) is 97.7 Å². The van der Waals surface area contributed by atoms with Gasteiger partial charge in [-0.1, -0.05) is 0 Å². The van der Waals surface area contributed by atoms with Crippen LogP contribution in [0.2, 0.25) is 0 Å². The highest BCUT2D eigenvalue weighted by Crippen LogP contribution is 2.35. The highest BCUT2D eigenvalue weighted by Gasteiger charge is 2.14. The number of nitriles is 1. The van der Waals surface area contributed by atoms with Crippen molar-refractivity contribution < 1.29 is 23.8 Å². The number of nitrogens with one attached hydrogen (secondary N) is 1. The molecule has 2 aromatic carbocycles. The van der Waals surface area contributed by atoms with Crippen molar-refractivity contribution in [3.8, 4) is 17.6 Å². The van der Waals surface area contributed by atoms with Crippen molar-refractivity contribution in [2.45, 2.75) is 20.8 Å². The van der Waals surface area contributed by atoms with Crippen LogP contribution in [0.3, 0.4) is 0 Å². The van der Waals surface area contributed by atoms with Crippen molar-refractivity contribution in [3.63, 3.8) is 0 Å². The van der Waals surface area contributed by atoms with E-state index in [1.807, 2.05) is 26.0 Å². The molecule has 0 atom stereocenters. The molecule has 1 amide bonds. The lowest BCUT2D eigenvalue weighted by Gasteiger charge is -2.13. The van der Waals surface area contributed by atoms with Gasteiger partial charge in [0.2, 0.25) is 0 Å². The minimum Gasteiger partial charge on any atom is -0.490 e. The van der Waals surface area contributed by atoms with Gasteiger partial charge in [-0.25, -0.2) is 4.79 Å². The van der Waals surface area contributed by atoms with Gasteiger partial charge in [0, 0.05) is 5.69 Å². The molecule has 7 nitrogen and oxygen atoms in total. The second-order valence-electron chi connectivity index (χ2n) is 6.12. The van der Waals surface area contributed by atoms with Gasteiger partial charge in [0.25, 0.3) is 5.91 Å². The summed E-state index contributed by atoms with van der Waals surface area (Å²) in [5.74, 6) is 0.183. The van der Waals surface area contributed by atoms with E-state index in [1.165, 1.54) is 6.08 Å². The molecule has 0 aliphatic rings. The molecule has 0 bridgehead atoms. The third-order valence-corrected chi connectivity index (χ3v) is 4.75. The summed E-state index contributed by atoms with van der Waals surface area (Å²) in [5.41, 5.74) is 1.40. The Morgan fingerprint density at radius 1 is 1.06 bits per heavy atom. The maximum absolute atomic E-state index is 12.6. The van der Waals surface area contributed by atoms with Gasteiger partial charge in [0.15, 0.2) is 11.5 Å². The summed E-state index contributed by atoms with van der Waals surface area (Å²) in [6.45, 7) is 6.71. The Hall–Kier alpha value is -3.06. The number of rotatable bonds is 9. The van der Waals surface area contributed by atoms with E-state index in [0.717, 1.165) is 3.57 Å². The summed E-state index contributed by atoms with van der Waals surface area (Å²) in [5, 5.41) is 12.2. The molecule has 8 heteroatoms. The molecule has 2 rings (SSSR count). The number of hydrogen-bond donors (Lipinski definition) is 1. The van der Waals surface area contributed by atoms with Crippen LogP contribution < -0.4 is 14.8 Å². The van der Waals surface area contributed by atoms with Gasteiger partial charge < -0.3 is 19.5 Å². The van der Waals surface area contributed by atoms with Gasteiger partial charge in [-0.15, -0.1) is 0 Å². The van der Waals surface area contributed by atoms with E-state index in [-0.39, 0.29) is 12.2 Å². The van der Waals surface area contributed by atoms with Crippen molar-refractivity contribution in [1.29, 1.82) is 5.26 Å². The number of ether oxygens (including phenoxy) is 3. The second kappa shape index (κ2) is 12.0. The Morgan fingerprint density at radius 3 is 2.32 bits per heavy atom. The summed E-state index contributed by atoms with van der Waals surface area (Å²) < 4.78 is 17.0. The summed E-state index contributed by atoms with van der Waals surface area (Å²) >= 11 is 2.13. The van der Waals surface area contributed by atoms with Gasteiger partial charge in [-0.05, 0) is 91.4 Å². The number of carbonyl (C=O) groups excluding carboxylic acids is 2. The van der Waals surface area contributed by atoms with Gasteiger partial charge in [-0.2, -0.15) is 5.26 Å². The Balaban J connectivity index is 2.24. The van der Waals surface area contributed by atoms with Crippen molar-refractivity contribution in [1.82, 2.24) is 0 Å². The first kappa shape index (κ1) is 24.2. The number of amides is 1. The Morgan fingerprint density at radius 2 is 1.74 bits per heavy atom. The summed E-state index contributed by atoms with van der Waals surface area (Å²) in [6.07, 6.45) is 1.49. The van der Waals surface area contributed by atoms with E-state index in [9.17, 15) is 14.9 Å². The van der Waals surface area contributed by atoms with Gasteiger partial charge in [-0.3, -0.25) is 4.79 Å². The highest BCUT2D eigenvalue weighted by atomic mass is 127. The predicted molar refractivity (Wildman–Crippen MR) is 126 cm³/mol. The fourth-order valence-corrected chi connectivity index (χ4v) is 3.42. The molecule has 31 heavy (non-hydrogen) atoms. The van der Waals surface area contributed by atoms with Crippen molar-refractivity contribution in [2.75, 3.05) is 25.1 Å². The number of carbonyl (C=O) groups is 2. The molecular weight excluding hydrogens is 511 g/mol. The first-order valence-electron chi connectivity index (χ1n) is 9.72. The monoisotopic (exact) mass is 534 g/mol. The van der Waals surface area contributed by atoms with Crippen molar-refractivity contribution >= 4 is 46.2 Å². The first-order chi connectivity index (χ1) is 14.9.